The number of aromatic nitrogens is 3. The lowest BCUT2D eigenvalue weighted by Crippen LogP contribution is -2.10. The Kier molecular flexibility index (Phi) is 4.59. The zero-order valence-corrected chi connectivity index (χ0v) is 12.6. The van der Waals surface area contributed by atoms with Gasteiger partial charge in [-0.1, -0.05) is 30.7 Å². The third kappa shape index (κ3) is 3.22. The van der Waals surface area contributed by atoms with E-state index >= 15 is 0 Å². The van der Waals surface area contributed by atoms with Crippen molar-refractivity contribution in [3.05, 3.63) is 40.2 Å². The molecule has 0 saturated heterocycles. The number of hydrogen-bond acceptors (Lipinski definition) is 4. The Morgan fingerprint density at radius 3 is 2.76 bits per heavy atom. The van der Waals surface area contributed by atoms with Crippen LogP contribution in [0.5, 0.6) is 0 Å². The highest BCUT2D eigenvalue weighted by Gasteiger charge is 2.17. The average molecular weight is 309 g/mol. The summed E-state index contributed by atoms with van der Waals surface area (Å²) in [6.07, 6.45) is 0.755. The fourth-order valence-electron chi connectivity index (χ4n) is 2.10. The monoisotopic (exact) mass is 308 g/mol. The van der Waals surface area contributed by atoms with Gasteiger partial charge in [0, 0.05) is 6.54 Å². The molecule has 2 aromatic rings. The Hall–Kier alpha value is -1.92. The van der Waals surface area contributed by atoms with Gasteiger partial charge in [0.25, 0.3) is 0 Å². The number of carboxylic acids is 1. The maximum Gasteiger partial charge on any atom is 0.337 e. The van der Waals surface area contributed by atoms with Gasteiger partial charge in [-0.05, 0) is 30.5 Å². The van der Waals surface area contributed by atoms with E-state index in [9.17, 15) is 4.79 Å². The standard InChI is InChI=1S/C14H17ClN4O2/c1-8(2)5-13-12(7-16)17-18-19(13)9-3-4-11(15)10(6-9)14(20)21/h3-4,6,8H,5,7,16H2,1-2H3,(H,20,21). The quantitative estimate of drug-likeness (QED) is 0.883. The van der Waals surface area contributed by atoms with Crippen LogP contribution >= 0.6 is 11.6 Å². The topological polar surface area (TPSA) is 94.0 Å². The summed E-state index contributed by atoms with van der Waals surface area (Å²) in [6, 6.07) is 4.75. The van der Waals surface area contributed by atoms with Gasteiger partial charge in [-0.2, -0.15) is 0 Å². The first-order chi connectivity index (χ1) is 9.93. The van der Waals surface area contributed by atoms with Gasteiger partial charge in [0.1, 0.15) is 0 Å². The van der Waals surface area contributed by atoms with Gasteiger partial charge in [-0.25, -0.2) is 9.48 Å². The van der Waals surface area contributed by atoms with Crippen LogP contribution in [-0.4, -0.2) is 26.1 Å². The molecule has 0 aliphatic heterocycles. The first-order valence-corrected chi connectivity index (χ1v) is 6.98. The van der Waals surface area contributed by atoms with Crippen LogP contribution in [-0.2, 0) is 13.0 Å². The van der Waals surface area contributed by atoms with Crippen LogP contribution in [0.4, 0.5) is 0 Å². The van der Waals surface area contributed by atoms with Crippen molar-refractivity contribution in [2.24, 2.45) is 11.7 Å². The highest BCUT2D eigenvalue weighted by molar-refractivity contribution is 6.33. The lowest BCUT2D eigenvalue weighted by Gasteiger charge is -2.11. The Bertz CT molecular complexity index is 667. The number of benzene rings is 1. The average Bonchev–Trinajstić information content (AvgIpc) is 2.81. The summed E-state index contributed by atoms with van der Waals surface area (Å²) >= 11 is 5.89. The van der Waals surface area contributed by atoms with Crippen LogP contribution in [0, 0.1) is 5.92 Å². The molecular weight excluding hydrogens is 292 g/mol. The number of hydrogen-bond donors (Lipinski definition) is 2. The van der Waals surface area contributed by atoms with E-state index in [1.807, 2.05) is 0 Å². The lowest BCUT2D eigenvalue weighted by atomic mass is 10.1. The predicted octanol–water partition coefficient (Wildman–Crippen LogP) is 2.28. The van der Waals surface area contributed by atoms with Crippen molar-refractivity contribution in [1.29, 1.82) is 0 Å². The molecule has 0 atom stereocenters. The first kappa shape index (κ1) is 15.5. The van der Waals surface area contributed by atoms with E-state index in [1.165, 1.54) is 6.07 Å². The van der Waals surface area contributed by atoms with E-state index in [4.69, 9.17) is 22.4 Å². The molecule has 3 N–H and O–H groups in total. The summed E-state index contributed by atoms with van der Waals surface area (Å²) in [7, 11) is 0. The largest absolute Gasteiger partial charge is 0.478 e. The van der Waals surface area contributed by atoms with Crippen molar-refractivity contribution in [2.45, 2.75) is 26.8 Å². The van der Waals surface area contributed by atoms with Gasteiger partial charge >= 0.3 is 5.97 Å². The lowest BCUT2D eigenvalue weighted by molar-refractivity contribution is 0.0697. The summed E-state index contributed by atoms with van der Waals surface area (Å²) in [6.45, 7) is 4.46. The fourth-order valence-corrected chi connectivity index (χ4v) is 2.30. The van der Waals surface area contributed by atoms with Crippen LogP contribution in [0.1, 0.15) is 35.6 Å². The third-order valence-corrected chi connectivity index (χ3v) is 3.39. The SMILES string of the molecule is CC(C)Cc1c(CN)nnn1-c1ccc(Cl)c(C(=O)O)c1. The fraction of sp³-hybridized carbons (Fsp3) is 0.357. The summed E-state index contributed by atoms with van der Waals surface area (Å²) in [5.74, 6) is -0.676. The molecule has 0 radical (unpaired) electrons. The van der Waals surface area contributed by atoms with Crippen LogP contribution < -0.4 is 5.73 Å². The Morgan fingerprint density at radius 2 is 2.19 bits per heavy atom. The molecule has 0 unspecified atom stereocenters. The van der Waals surface area contributed by atoms with Crippen LogP contribution in [0.15, 0.2) is 18.2 Å². The first-order valence-electron chi connectivity index (χ1n) is 6.60. The van der Waals surface area contributed by atoms with Crippen molar-refractivity contribution in [3.63, 3.8) is 0 Å². The van der Waals surface area contributed by atoms with E-state index in [2.05, 4.69) is 24.2 Å². The van der Waals surface area contributed by atoms with Crippen molar-refractivity contribution in [1.82, 2.24) is 15.0 Å². The van der Waals surface area contributed by atoms with Crippen molar-refractivity contribution in [2.75, 3.05) is 0 Å². The third-order valence-electron chi connectivity index (χ3n) is 3.06. The number of rotatable bonds is 5. The van der Waals surface area contributed by atoms with Crippen LogP contribution in [0.25, 0.3) is 5.69 Å². The minimum absolute atomic E-state index is 0.0365. The molecule has 1 heterocycles. The van der Waals surface area contributed by atoms with E-state index in [-0.39, 0.29) is 10.6 Å². The van der Waals surface area contributed by atoms with E-state index < -0.39 is 5.97 Å². The second kappa shape index (κ2) is 6.24. The summed E-state index contributed by atoms with van der Waals surface area (Å²) < 4.78 is 1.63. The molecule has 0 saturated carbocycles. The van der Waals surface area contributed by atoms with E-state index in [0.29, 0.717) is 18.2 Å². The zero-order chi connectivity index (χ0) is 15.6. The molecule has 0 aliphatic carbocycles. The molecule has 0 aliphatic rings. The number of aromatic carboxylic acids is 1. The van der Waals surface area contributed by atoms with Crippen molar-refractivity contribution >= 4 is 17.6 Å². The summed E-state index contributed by atoms with van der Waals surface area (Å²) in [4.78, 5) is 11.2. The van der Waals surface area contributed by atoms with Gasteiger partial charge in [0.05, 0.1) is 27.7 Å². The summed E-state index contributed by atoms with van der Waals surface area (Å²) in [5.41, 5.74) is 7.95. The molecule has 21 heavy (non-hydrogen) atoms. The molecule has 0 spiro atoms. The smallest absolute Gasteiger partial charge is 0.337 e. The van der Waals surface area contributed by atoms with Gasteiger partial charge in [-0.15, -0.1) is 5.10 Å². The Labute approximate surface area is 127 Å². The highest BCUT2D eigenvalue weighted by Crippen LogP contribution is 2.22. The van der Waals surface area contributed by atoms with Gasteiger partial charge < -0.3 is 10.8 Å². The predicted molar refractivity (Wildman–Crippen MR) is 79.8 cm³/mol. The van der Waals surface area contributed by atoms with Gasteiger partial charge in [-0.3, -0.25) is 0 Å². The number of carboxylic acid groups (broad SMARTS) is 1. The molecule has 0 bridgehead atoms. The molecule has 6 nitrogen and oxygen atoms in total. The van der Waals surface area contributed by atoms with E-state index in [1.54, 1.807) is 16.8 Å². The normalized spacial score (nSPS) is 11.1. The number of nitrogens with zero attached hydrogens (tertiary/aromatic N) is 3. The van der Waals surface area contributed by atoms with Crippen molar-refractivity contribution in [3.8, 4) is 5.69 Å². The number of nitrogens with two attached hydrogens (primary N) is 1. The molecule has 1 aromatic carbocycles. The highest BCUT2D eigenvalue weighted by atomic mass is 35.5. The molecule has 0 fully saturated rings. The summed E-state index contributed by atoms with van der Waals surface area (Å²) in [5, 5.41) is 17.5. The second-order valence-electron chi connectivity index (χ2n) is 5.17. The second-order valence-corrected chi connectivity index (χ2v) is 5.57. The Morgan fingerprint density at radius 1 is 1.48 bits per heavy atom. The zero-order valence-electron chi connectivity index (χ0n) is 11.9. The number of carbonyl (C=O) groups is 1. The van der Waals surface area contributed by atoms with Crippen LogP contribution in [0.2, 0.25) is 5.02 Å². The van der Waals surface area contributed by atoms with Gasteiger partial charge in [0.15, 0.2) is 0 Å². The minimum Gasteiger partial charge on any atom is -0.478 e. The van der Waals surface area contributed by atoms with Crippen LogP contribution in [0.3, 0.4) is 0 Å². The molecule has 7 heteroatoms. The minimum atomic E-state index is -1.08. The molecule has 112 valence electrons. The van der Waals surface area contributed by atoms with E-state index in [0.717, 1.165) is 17.8 Å². The Balaban J connectivity index is 2.54. The number of halogens is 1. The maximum atomic E-state index is 11.2. The molecular formula is C14H17ClN4O2. The molecule has 1 aromatic heterocycles. The van der Waals surface area contributed by atoms with Crippen molar-refractivity contribution < 1.29 is 9.90 Å². The van der Waals surface area contributed by atoms with Gasteiger partial charge in [0.2, 0.25) is 0 Å². The maximum absolute atomic E-state index is 11.2. The molecule has 0 amide bonds. The molecule has 2 rings (SSSR count).